The van der Waals surface area contributed by atoms with Gasteiger partial charge in [-0.3, -0.25) is 4.79 Å². The summed E-state index contributed by atoms with van der Waals surface area (Å²) >= 11 is 14.9. The maximum atomic E-state index is 12.3. The number of sulfonamides is 1. The number of carbonyl (C=O) groups is 1. The van der Waals surface area contributed by atoms with E-state index >= 15 is 0 Å². The van der Waals surface area contributed by atoms with Crippen molar-refractivity contribution in [1.82, 2.24) is 4.72 Å². The molecule has 0 aliphatic rings. The topological polar surface area (TPSA) is 75.3 Å². The molecule has 128 valence electrons. The summed E-state index contributed by atoms with van der Waals surface area (Å²) in [5.74, 6) is -0.519. The lowest BCUT2D eigenvalue weighted by atomic mass is 10.3. The van der Waals surface area contributed by atoms with E-state index in [1.165, 1.54) is 31.2 Å². The third-order valence-electron chi connectivity index (χ3n) is 3.04. The van der Waals surface area contributed by atoms with E-state index < -0.39 is 22.0 Å². The van der Waals surface area contributed by atoms with Gasteiger partial charge in [0.25, 0.3) is 0 Å². The number of nitrogens with one attached hydrogen (secondary N) is 2. The van der Waals surface area contributed by atoms with Gasteiger partial charge in [-0.1, -0.05) is 39.1 Å². The van der Waals surface area contributed by atoms with Crippen LogP contribution in [0.5, 0.6) is 0 Å². The summed E-state index contributed by atoms with van der Waals surface area (Å²) in [5.41, 5.74) is 0.420. The largest absolute Gasteiger partial charge is 0.325 e. The molecule has 9 heteroatoms. The zero-order valence-corrected chi connectivity index (χ0v) is 16.3. The molecule has 0 heterocycles. The van der Waals surface area contributed by atoms with E-state index in [1.807, 2.05) is 0 Å². The molecule has 1 unspecified atom stereocenters. The standard InChI is InChI=1S/C15H13BrCl2N2O3S/c1-9(15(21)19-11-4-7-13(17)14(18)8-11)20-24(22,23)12-5-2-10(16)3-6-12/h2-9,20H,1H3,(H,19,21). The summed E-state index contributed by atoms with van der Waals surface area (Å²) in [6, 6.07) is 9.71. The van der Waals surface area contributed by atoms with E-state index in [9.17, 15) is 13.2 Å². The van der Waals surface area contributed by atoms with Crippen LogP contribution in [0.4, 0.5) is 5.69 Å². The Morgan fingerprint density at radius 1 is 1.08 bits per heavy atom. The van der Waals surface area contributed by atoms with Crippen molar-refractivity contribution in [1.29, 1.82) is 0 Å². The first kappa shape index (κ1) is 19.2. The number of benzene rings is 2. The van der Waals surface area contributed by atoms with E-state index in [-0.39, 0.29) is 9.92 Å². The molecule has 0 aliphatic carbocycles. The fourth-order valence-corrected chi connectivity index (χ4v) is 3.56. The maximum Gasteiger partial charge on any atom is 0.242 e. The SMILES string of the molecule is CC(NS(=O)(=O)c1ccc(Br)cc1)C(=O)Nc1ccc(Cl)c(Cl)c1. The molecule has 2 rings (SSSR count). The van der Waals surface area contributed by atoms with Crippen LogP contribution in [0, 0.1) is 0 Å². The Morgan fingerprint density at radius 3 is 2.29 bits per heavy atom. The Kier molecular flexibility index (Phi) is 6.28. The van der Waals surface area contributed by atoms with Crippen molar-refractivity contribution in [3.63, 3.8) is 0 Å². The second kappa shape index (κ2) is 7.84. The molecule has 0 fully saturated rings. The monoisotopic (exact) mass is 450 g/mol. The van der Waals surface area contributed by atoms with Crippen molar-refractivity contribution < 1.29 is 13.2 Å². The van der Waals surface area contributed by atoms with Gasteiger partial charge in [-0.15, -0.1) is 0 Å². The van der Waals surface area contributed by atoms with Crippen LogP contribution < -0.4 is 10.0 Å². The van der Waals surface area contributed by atoms with Crippen LogP contribution in [0.15, 0.2) is 51.8 Å². The van der Waals surface area contributed by atoms with Crippen molar-refractivity contribution in [2.24, 2.45) is 0 Å². The van der Waals surface area contributed by atoms with Gasteiger partial charge < -0.3 is 5.32 Å². The summed E-state index contributed by atoms with van der Waals surface area (Å²) in [6.07, 6.45) is 0. The van der Waals surface area contributed by atoms with Gasteiger partial charge >= 0.3 is 0 Å². The Hall–Kier alpha value is -1.12. The van der Waals surface area contributed by atoms with Gasteiger partial charge in [0, 0.05) is 10.2 Å². The summed E-state index contributed by atoms with van der Waals surface area (Å²) < 4.78 is 27.6. The first-order chi connectivity index (χ1) is 11.2. The minimum absolute atomic E-state index is 0.0693. The van der Waals surface area contributed by atoms with Crippen molar-refractivity contribution in [2.75, 3.05) is 5.32 Å². The van der Waals surface area contributed by atoms with Crippen molar-refractivity contribution in [3.05, 3.63) is 57.0 Å². The molecular weight excluding hydrogens is 439 g/mol. The maximum absolute atomic E-state index is 12.3. The molecule has 2 aromatic rings. The Labute approximate surface area is 158 Å². The first-order valence-corrected chi connectivity index (χ1v) is 9.76. The molecule has 0 aliphatic heterocycles. The average Bonchev–Trinajstić information content (AvgIpc) is 2.51. The lowest BCUT2D eigenvalue weighted by Gasteiger charge is -2.15. The third kappa shape index (κ3) is 4.94. The molecule has 1 amide bonds. The Morgan fingerprint density at radius 2 is 1.71 bits per heavy atom. The predicted octanol–water partition coefficient (Wildman–Crippen LogP) is 4.06. The number of amides is 1. The van der Waals surface area contributed by atoms with Gasteiger partial charge in [0.05, 0.1) is 21.0 Å². The lowest BCUT2D eigenvalue weighted by molar-refractivity contribution is -0.117. The molecule has 0 saturated carbocycles. The fraction of sp³-hybridized carbons (Fsp3) is 0.133. The molecule has 1 atom stereocenters. The lowest BCUT2D eigenvalue weighted by Crippen LogP contribution is -2.41. The van der Waals surface area contributed by atoms with Crippen LogP contribution in [-0.4, -0.2) is 20.4 Å². The molecule has 2 aromatic carbocycles. The molecule has 2 N–H and O–H groups in total. The van der Waals surface area contributed by atoms with Crippen molar-refractivity contribution >= 4 is 60.7 Å². The van der Waals surface area contributed by atoms with Crippen LogP contribution in [0.3, 0.4) is 0 Å². The molecular formula is C15H13BrCl2N2O3S. The molecule has 24 heavy (non-hydrogen) atoms. The first-order valence-electron chi connectivity index (χ1n) is 6.73. The predicted molar refractivity (Wildman–Crippen MR) is 99.0 cm³/mol. The highest BCUT2D eigenvalue weighted by Crippen LogP contribution is 2.25. The zero-order chi connectivity index (χ0) is 17.9. The molecule has 0 spiro atoms. The second-order valence-corrected chi connectivity index (χ2v) is 8.36. The van der Waals surface area contributed by atoms with Crippen LogP contribution in [0.25, 0.3) is 0 Å². The number of anilines is 1. The van der Waals surface area contributed by atoms with Gasteiger partial charge in [-0.05, 0) is 49.4 Å². The molecule has 0 bridgehead atoms. The molecule has 0 radical (unpaired) electrons. The van der Waals surface area contributed by atoms with Gasteiger partial charge in [0.15, 0.2) is 0 Å². The number of hydrogen-bond acceptors (Lipinski definition) is 3. The van der Waals surface area contributed by atoms with Gasteiger partial charge in [-0.2, -0.15) is 4.72 Å². The van der Waals surface area contributed by atoms with Crippen LogP contribution in [-0.2, 0) is 14.8 Å². The fourth-order valence-electron chi connectivity index (χ4n) is 1.79. The van der Waals surface area contributed by atoms with E-state index in [0.29, 0.717) is 10.7 Å². The van der Waals surface area contributed by atoms with Gasteiger partial charge in [0.1, 0.15) is 0 Å². The molecule has 0 saturated heterocycles. The van der Waals surface area contributed by atoms with E-state index in [4.69, 9.17) is 23.2 Å². The number of carbonyl (C=O) groups excluding carboxylic acids is 1. The summed E-state index contributed by atoms with van der Waals surface area (Å²) in [6.45, 7) is 1.45. The normalized spacial score (nSPS) is 12.7. The number of rotatable bonds is 5. The van der Waals surface area contributed by atoms with Crippen molar-refractivity contribution in [3.8, 4) is 0 Å². The van der Waals surface area contributed by atoms with Crippen LogP contribution >= 0.6 is 39.1 Å². The minimum atomic E-state index is -3.81. The van der Waals surface area contributed by atoms with Gasteiger partial charge in [0.2, 0.25) is 15.9 Å². The Balaban J connectivity index is 2.07. The highest BCUT2D eigenvalue weighted by Gasteiger charge is 2.22. The number of halogens is 3. The molecule has 0 aromatic heterocycles. The van der Waals surface area contributed by atoms with Crippen LogP contribution in [0.1, 0.15) is 6.92 Å². The quantitative estimate of drug-likeness (QED) is 0.719. The average molecular weight is 452 g/mol. The van der Waals surface area contributed by atoms with Gasteiger partial charge in [-0.25, -0.2) is 8.42 Å². The second-order valence-electron chi connectivity index (χ2n) is 4.92. The highest BCUT2D eigenvalue weighted by atomic mass is 79.9. The summed E-state index contributed by atoms with van der Waals surface area (Å²) in [4.78, 5) is 12.2. The zero-order valence-electron chi connectivity index (χ0n) is 12.4. The number of hydrogen-bond donors (Lipinski definition) is 2. The molecule has 5 nitrogen and oxygen atoms in total. The minimum Gasteiger partial charge on any atom is -0.325 e. The summed E-state index contributed by atoms with van der Waals surface area (Å²) in [7, 11) is -3.81. The summed E-state index contributed by atoms with van der Waals surface area (Å²) in [5, 5.41) is 3.23. The van der Waals surface area contributed by atoms with E-state index in [2.05, 4.69) is 26.0 Å². The Bertz CT molecular complexity index is 858. The van der Waals surface area contributed by atoms with E-state index in [0.717, 1.165) is 4.47 Å². The van der Waals surface area contributed by atoms with Crippen LogP contribution in [0.2, 0.25) is 10.0 Å². The smallest absolute Gasteiger partial charge is 0.242 e. The highest BCUT2D eigenvalue weighted by molar-refractivity contribution is 9.10. The van der Waals surface area contributed by atoms with E-state index in [1.54, 1.807) is 18.2 Å². The van der Waals surface area contributed by atoms with Crippen molar-refractivity contribution in [2.45, 2.75) is 17.9 Å². The third-order valence-corrected chi connectivity index (χ3v) is 5.86.